The molecule has 4 rings (SSSR count). The highest BCUT2D eigenvalue weighted by molar-refractivity contribution is 6.31. The second kappa shape index (κ2) is 9.03. The highest BCUT2D eigenvalue weighted by Gasteiger charge is 2.37. The van der Waals surface area contributed by atoms with Crippen molar-refractivity contribution in [2.45, 2.75) is 38.0 Å². The molecule has 3 heterocycles. The highest BCUT2D eigenvalue weighted by Crippen LogP contribution is 2.32. The fraction of sp³-hybridized carbons (Fsp3) is 0.476. The molecular weight excluding hydrogens is 444 g/mol. The monoisotopic (exact) mass is 467 g/mol. The second-order valence-corrected chi connectivity index (χ2v) is 8.48. The number of aliphatic hydroxyl groups is 1. The number of hydrogen-bond donors (Lipinski definition) is 2. The van der Waals surface area contributed by atoms with Gasteiger partial charge in [-0.2, -0.15) is 5.10 Å². The molecule has 0 bridgehead atoms. The van der Waals surface area contributed by atoms with Gasteiger partial charge in [0.1, 0.15) is 11.5 Å². The summed E-state index contributed by atoms with van der Waals surface area (Å²) >= 11 is 5.78. The van der Waals surface area contributed by atoms with Crippen molar-refractivity contribution in [3.05, 3.63) is 46.0 Å². The molecule has 172 valence electrons. The Balaban J connectivity index is 1.61. The van der Waals surface area contributed by atoms with Crippen molar-refractivity contribution in [1.29, 1.82) is 0 Å². The number of alkyl halides is 1. The first kappa shape index (κ1) is 22.5. The fourth-order valence-corrected chi connectivity index (χ4v) is 4.38. The van der Waals surface area contributed by atoms with Crippen molar-refractivity contribution in [2.24, 2.45) is 0 Å². The van der Waals surface area contributed by atoms with Gasteiger partial charge in [0.25, 0.3) is 5.91 Å². The van der Waals surface area contributed by atoms with Crippen LogP contribution in [-0.2, 0) is 13.0 Å². The van der Waals surface area contributed by atoms with Crippen LogP contribution in [-0.4, -0.2) is 69.5 Å². The lowest BCUT2D eigenvalue weighted by molar-refractivity contribution is 0.0781. The highest BCUT2D eigenvalue weighted by atomic mass is 35.5. The van der Waals surface area contributed by atoms with Gasteiger partial charge in [0.2, 0.25) is 0 Å². The van der Waals surface area contributed by atoms with Crippen LogP contribution in [0.5, 0.6) is 0 Å². The largest absolute Gasteiger partial charge is 0.391 e. The van der Waals surface area contributed by atoms with Gasteiger partial charge in [-0.3, -0.25) is 13.9 Å². The standard InChI is InChI=1S/C21H24ClF2N5O3/c1-27-8-6-17(18(30)4-7-23)29-19(20(27)31)13-11-28(9-5-16(13)26-29)21(32)25-12-2-3-15(24)14(22)10-12/h2-3,10,17-18,30H,4-9,11H2,1H3,(H,25,32). The van der Waals surface area contributed by atoms with E-state index in [9.17, 15) is 23.5 Å². The van der Waals surface area contributed by atoms with Gasteiger partial charge in [-0.1, -0.05) is 11.6 Å². The zero-order chi connectivity index (χ0) is 23.0. The summed E-state index contributed by atoms with van der Waals surface area (Å²) in [7, 11) is 1.67. The lowest BCUT2D eigenvalue weighted by Crippen LogP contribution is -2.39. The maximum Gasteiger partial charge on any atom is 0.322 e. The number of urea groups is 1. The number of aliphatic hydroxyl groups excluding tert-OH is 1. The summed E-state index contributed by atoms with van der Waals surface area (Å²) in [4.78, 5) is 29.0. The number of amides is 3. The van der Waals surface area contributed by atoms with Crippen LogP contribution in [0.3, 0.4) is 0 Å². The Morgan fingerprint density at radius 3 is 2.91 bits per heavy atom. The van der Waals surface area contributed by atoms with Crippen LogP contribution in [0.1, 0.15) is 40.6 Å². The van der Waals surface area contributed by atoms with E-state index in [1.807, 2.05) is 0 Å². The Labute approximate surface area is 188 Å². The van der Waals surface area contributed by atoms with Crippen LogP contribution in [0.15, 0.2) is 18.2 Å². The number of aromatic nitrogens is 2. The van der Waals surface area contributed by atoms with Gasteiger partial charge in [0.15, 0.2) is 0 Å². The van der Waals surface area contributed by atoms with Crippen LogP contribution in [0.4, 0.5) is 19.3 Å². The Bertz CT molecular complexity index is 1050. The van der Waals surface area contributed by atoms with Crippen LogP contribution >= 0.6 is 11.6 Å². The number of fused-ring (bicyclic) bond motifs is 3. The molecule has 3 amide bonds. The van der Waals surface area contributed by atoms with E-state index in [1.165, 1.54) is 27.8 Å². The molecule has 2 atom stereocenters. The number of halogens is 3. The lowest BCUT2D eigenvalue weighted by Gasteiger charge is -2.27. The number of benzene rings is 1. The van der Waals surface area contributed by atoms with E-state index in [0.29, 0.717) is 48.6 Å². The SMILES string of the molecule is CN1CCC(C(O)CCF)n2nc3c(c2C1=O)CN(C(=O)Nc1ccc(F)c(Cl)c1)CC3. The molecule has 2 N–H and O–H groups in total. The zero-order valence-electron chi connectivity index (χ0n) is 17.5. The lowest BCUT2D eigenvalue weighted by atomic mass is 10.0. The molecule has 0 radical (unpaired) electrons. The van der Waals surface area contributed by atoms with Gasteiger partial charge in [0.05, 0.1) is 36.1 Å². The molecule has 2 aliphatic rings. The molecule has 0 saturated carbocycles. The summed E-state index contributed by atoms with van der Waals surface area (Å²) < 4.78 is 27.8. The maximum atomic E-state index is 13.4. The Morgan fingerprint density at radius 1 is 1.41 bits per heavy atom. The first-order valence-corrected chi connectivity index (χ1v) is 10.8. The Hall–Kier alpha value is -2.72. The van der Waals surface area contributed by atoms with E-state index in [-0.39, 0.29) is 23.9 Å². The summed E-state index contributed by atoms with van der Waals surface area (Å²) in [6.45, 7) is 0.252. The van der Waals surface area contributed by atoms with Crippen LogP contribution in [0.2, 0.25) is 5.02 Å². The van der Waals surface area contributed by atoms with Gasteiger partial charge >= 0.3 is 6.03 Å². The molecule has 0 aliphatic carbocycles. The number of carbonyl (C=O) groups is 2. The summed E-state index contributed by atoms with van der Waals surface area (Å²) in [6.07, 6.45) is -0.133. The van der Waals surface area contributed by atoms with E-state index in [2.05, 4.69) is 10.4 Å². The fourth-order valence-electron chi connectivity index (χ4n) is 4.20. The van der Waals surface area contributed by atoms with Crippen LogP contribution < -0.4 is 5.32 Å². The average Bonchev–Trinajstić information content (AvgIpc) is 3.08. The van der Waals surface area contributed by atoms with Crippen molar-refractivity contribution in [2.75, 3.05) is 32.1 Å². The third-order valence-corrected chi connectivity index (χ3v) is 6.28. The normalized spacial score (nSPS) is 19.3. The van der Waals surface area contributed by atoms with Crippen molar-refractivity contribution >= 4 is 29.2 Å². The first-order valence-electron chi connectivity index (χ1n) is 10.4. The molecule has 2 unspecified atom stereocenters. The summed E-state index contributed by atoms with van der Waals surface area (Å²) in [5.74, 6) is -0.830. The maximum absolute atomic E-state index is 13.4. The van der Waals surface area contributed by atoms with Crippen LogP contribution in [0.25, 0.3) is 0 Å². The zero-order valence-corrected chi connectivity index (χ0v) is 18.3. The third-order valence-electron chi connectivity index (χ3n) is 5.99. The van der Waals surface area contributed by atoms with Gasteiger partial charge in [-0.05, 0) is 24.6 Å². The molecular formula is C21H24ClF2N5O3. The predicted molar refractivity (Wildman–Crippen MR) is 114 cm³/mol. The topological polar surface area (TPSA) is 90.7 Å². The molecule has 32 heavy (non-hydrogen) atoms. The Morgan fingerprint density at radius 2 is 2.19 bits per heavy atom. The minimum atomic E-state index is -0.970. The first-order chi connectivity index (χ1) is 15.3. The van der Waals surface area contributed by atoms with Gasteiger partial charge < -0.3 is 20.2 Å². The third kappa shape index (κ3) is 4.16. The molecule has 2 aliphatic heterocycles. The van der Waals surface area contributed by atoms with Gasteiger partial charge in [-0.25, -0.2) is 9.18 Å². The minimum absolute atomic E-state index is 0.0404. The molecule has 2 aromatic rings. The molecule has 1 aromatic heterocycles. The molecule has 0 spiro atoms. The molecule has 8 nitrogen and oxygen atoms in total. The number of carbonyl (C=O) groups excluding carboxylic acids is 2. The van der Waals surface area contributed by atoms with E-state index in [1.54, 1.807) is 11.9 Å². The molecule has 11 heteroatoms. The number of nitrogens with one attached hydrogen (secondary N) is 1. The Kier molecular flexibility index (Phi) is 6.34. The molecule has 1 aromatic carbocycles. The summed E-state index contributed by atoms with van der Waals surface area (Å²) in [5.41, 5.74) is 1.99. The predicted octanol–water partition coefficient (Wildman–Crippen LogP) is 3.00. The summed E-state index contributed by atoms with van der Waals surface area (Å²) in [6, 6.07) is 2.97. The average molecular weight is 468 g/mol. The van der Waals surface area contributed by atoms with Crippen molar-refractivity contribution in [1.82, 2.24) is 19.6 Å². The van der Waals surface area contributed by atoms with E-state index in [0.717, 1.165) is 0 Å². The number of rotatable bonds is 4. The van der Waals surface area contributed by atoms with Crippen molar-refractivity contribution in [3.8, 4) is 0 Å². The van der Waals surface area contributed by atoms with Crippen LogP contribution in [0, 0.1) is 5.82 Å². The quantitative estimate of drug-likeness (QED) is 0.723. The second-order valence-electron chi connectivity index (χ2n) is 8.08. The van der Waals surface area contributed by atoms with Crippen molar-refractivity contribution < 1.29 is 23.5 Å². The minimum Gasteiger partial charge on any atom is -0.391 e. The van der Waals surface area contributed by atoms with E-state index in [4.69, 9.17) is 11.6 Å². The molecule has 0 fully saturated rings. The van der Waals surface area contributed by atoms with Gasteiger partial charge in [-0.15, -0.1) is 0 Å². The number of hydrogen-bond acceptors (Lipinski definition) is 4. The smallest absolute Gasteiger partial charge is 0.322 e. The van der Waals surface area contributed by atoms with E-state index < -0.39 is 30.7 Å². The number of anilines is 1. The number of nitrogens with zero attached hydrogens (tertiary/aromatic N) is 4. The summed E-state index contributed by atoms with van der Waals surface area (Å²) in [5, 5.41) is 17.7. The molecule has 0 saturated heterocycles. The van der Waals surface area contributed by atoms with Crippen molar-refractivity contribution in [3.63, 3.8) is 0 Å². The van der Waals surface area contributed by atoms with Gasteiger partial charge in [0, 0.05) is 44.2 Å². The van der Waals surface area contributed by atoms with E-state index >= 15 is 0 Å².